The van der Waals surface area contributed by atoms with Crippen molar-refractivity contribution in [1.82, 2.24) is 24.8 Å². The van der Waals surface area contributed by atoms with E-state index in [1.54, 1.807) is 18.1 Å². The van der Waals surface area contributed by atoms with Gasteiger partial charge in [0.25, 0.3) is 0 Å². The number of nitrogens with zero attached hydrogens (tertiary/aromatic N) is 5. The SMILES string of the molecule is CC1=CSC2=NC(C(C)Nc3ncnc4nc[nH]c34)=C(c3ccccc3)C(=C3CC3)N12. The smallest absolute Gasteiger partial charge is 0.182 e. The second-order valence-electron chi connectivity index (χ2n) is 7.87. The van der Waals surface area contributed by atoms with Gasteiger partial charge in [0.2, 0.25) is 0 Å². The van der Waals surface area contributed by atoms with E-state index in [1.165, 1.54) is 34.4 Å². The second kappa shape index (κ2) is 7.09. The van der Waals surface area contributed by atoms with Crippen LogP contribution in [0.3, 0.4) is 0 Å². The number of fused-ring (bicyclic) bond motifs is 2. The Bertz CT molecular complexity index is 1310. The van der Waals surface area contributed by atoms with Crippen molar-refractivity contribution >= 4 is 39.5 Å². The monoisotopic (exact) mass is 427 g/mol. The van der Waals surface area contributed by atoms with Crippen molar-refractivity contribution in [2.45, 2.75) is 32.7 Å². The van der Waals surface area contributed by atoms with Gasteiger partial charge in [-0.15, -0.1) is 0 Å². The highest BCUT2D eigenvalue weighted by molar-refractivity contribution is 8.16. The number of hydrogen-bond donors (Lipinski definition) is 2. The molecule has 1 fully saturated rings. The lowest BCUT2D eigenvalue weighted by atomic mass is 9.94. The lowest BCUT2D eigenvalue weighted by Crippen LogP contribution is -2.31. The van der Waals surface area contributed by atoms with Gasteiger partial charge in [0.15, 0.2) is 16.6 Å². The number of thioether (sulfide) groups is 1. The van der Waals surface area contributed by atoms with Crippen LogP contribution in [-0.4, -0.2) is 36.0 Å². The number of imidazole rings is 1. The quantitative estimate of drug-likeness (QED) is 0.617. The van der Waals surface area contributed by atoms with Crippen LogP contribution in [0.5, 0.6) is 0 Å². The van der Waals surface area contributed by atoms with E-state index in [0.717, 1.165) is 35.0 Å². The number of nitrogens with one attached hydrogen (secondary N) is 2. The lowest BCUT2D eigenvalue weighted by Gasteiger charge is -2.33. The molecule has 1 aliphatic carbocycles. The summed E-state index contributed by atoms with van der Waals surface area (Å²) in [5.74, 6) is 0.728. The van der Waals surface area contributed by atoms with Crippen LogP contribution in [0.15, 0.2) is 76.1 Å². The molecule has 0 bridgehead atoms. The van der Waals surface area contributed by atoms with Crippen LogP contribution in [0.25, 0.3) is 16.7 Å². The summed E-state index contributed by atoms with van der Waals surface area (Å²) in [4.78, 5) is 23.5. The van der Waals surface area contributed by atoms with Gasteiger partial charge in [-0.3, -0.25) is 4.90 Å². The number of aromatic amines is 1. The molecule has 0 spiro atoms. The van der Waals surface area contributed by atoms with Crippen LogP contribution in [0, 0.1) is 0 Å². The van der Waals surface area contributed by atoms with E-state index < -0.39 is 0 Å². The summed E-state index contributed by atoms with van der Waals surface area (Å²) in [6.45, 7) is 4.29. The van der Waals surface area contributed by atoms with Gasteiger partial charge < -0.3 is 10.3 Å². The minimum Gasteiger partial charge on any atom is -0.360 e. The molecule has 154 valence electrons. The Morgan fingerprint density at radius 2 is 1.97 bits per heavy atom. The van der Waals surface area contributed by atoms with E-state index in [9.17, 15) is 0 Å². The molecule has 31 heavy (non-hydrogen) atoms. The Balaban J connectivity index is 1.51. The van der Waals surface area contributed by atoms with Gasteiger partial charge in [-0.05, 0) is 43.2 Å². The van der Waals surface area contributed by atoms with Crippen molar-refractivity contribution in [3.05, 3.63) is 76.6 Å². The highest BCUT2D eigenvalue weighted by Crippen LogP contribution is 2.48. The third-order valence-corrected chi connectivity index (χ3v) is 6.64. The Kier molecular flexibility index (Phi) is 4.21. The van der Waals surface area contributed by atoms with Gasteiger partial charge in [0, 0.05) is 11.3 Å². The normalized spacial score (nSPS) is 18.8. The first-order chi connectivity index (χ1) is 15.2. The minimum absolute atomic E-state index is 0.0675. The third kappa shape index (κ3) is 3.06. The number of benzene rings is 1. The summed E-state index contributed by atoms with van der Waals surface area (Å²) < 4.78 is 0. The molecule has 0 saturated heterocycles. The molecular weight excluding hydrogens is 406 g/mol. The van der Waals surface area contributed by atoms with Crippen molar-refractivity contribution in [2.75, 3.05) is 5.32 Å². The first kappa shape index (κ1) is 18.4. The average Bonchev–Trinajstić information content (AvgIpc) is 3.40. The summed E-state index contributed by atoms with van der Waals surface area (Å²) >= 11 is 1.69. The van der Waals surface area contributed by atoms with Crippen molar-refractivity contribution in [3.8, 4) is 0 Å². The van der Waals surface area contributed by atoms with E-state index in [1.807, 2.05) is 0 Å². The van der Waals surface area contributed by atoms with E-state index in [4.69, 9.17) is 4.99 Å². The topological polar surface area (TPSA) is 82.1 Å². The van der Waals surface area contributed by atoms with Gasteiger partial charge in [-0.2, -0.15) is 0 Å². The Morgan fingerprint density at radius 1 is 1.13 bits per heavy atom. The Morgan fingerprint density at radius 3 is 2.77 bits per heavy atom. The third-order valence-electron chi connectivity index (χ3n) is 5.70. The molecule has 2 aliphatic heterocycles. The standard InChI is InChI=1S/C23H21N7S/c1-13-10-31-23-29-18(14(2)28-22-19-21(25-11-24-19)26-12-27-22)17(15-6-4-3-5-7-15)20(30(13)23)16-8-9-16/h3-7,10-12,14H,8-9H2,1-2H3,(H2,24,25,26,27,28). The maximum atomic E-state index is 5.14. The lowest BCUT2D eigenvalue weighted by molar-refractivity contribution is 0.657. The Hall–Kier alpha value is -3.39. The van der Waals surface area contributed by atoms with Crippen LogP contribution in [0.1, 0.15) is 32.3 Å². The molecule has 3 aromatic rings. The molecule has 1 atom stereocenters. The molecule has 3 aliphatic rings. The zero-order valence-corrected chi connectivity index (χ0v) is 18.1. The molecule has 0 amide bonds. The minimum atomic E-state index is -0.0675. The van der Waals surface area contributed by atoms with Gasteiger partial charge in [-0.25, -0.2) is 19.9 Å². The number of aliphatic imine (C=N–C) groups is 1. The predicted molar refractivity (Wildman–Crippen MR) is 125 cm³/mol. The van der Waals surface area contributed by atoms with E-state index >= 15 is 0 Å². The molecule has 2 aromatic heterocycles. The summed E-state index contributed by atoms with van der Waals surface area (Å²) in [5, 5.41) is 6.76. The first-order valence-electron chi connectivity index (χ1n) is 10.4. The molecule has 1 aromatic carbocycles. The summed E-state index contributed by atoms with van der Waals surface area (Å²) in [6.07, 6.45) is 5.46. The van der Waals surface area contributed by atoms with E-state index in [-0.39, 0.29) is 6.04 Å². The summed E-state index contributed by atoms with van der Waals surface area (Å²) in [7, 11) is 0. The number of anilines is 1. The maximum Gasteiger partial charge on any atom is 0.182 e. The largest absolute Gasteiger partial charge is 0.360 e. The molecule has 1 unspecified atom stereocenters. The highest BCUT2D eigenvalue weighted by Gasteiger charge is 2.37. The fraction of sp³-hybridized carbons (Fsp3) is 0.217. The number of aromatic nitrogens is 4. The number of rotatable bonds is 4. The fourth-order valence-corrected chi connectivity index (χ4v) is 4.99. The van der Waals surface area contributed by atoms with Gasteiger partial charge in [0.1, 0.15) is 11.8 Å². The number of allylic oxidation sites excluding steroid dienone is 3. The van der Waals surface area contributed by atoms with Crippen LogP contribution in [-0.2, 0) is 0 Å². The number of amidine groups is 1. The van der Waals surface area contributed by atoms with Gasteiger partial charge >= 0.3 is 0 Å². The van der Waals surface area contributed by atoms with E-state index in [0.29, 0.717) is 5.65 Å². The molecular formula is C23H21N7S. The summed E-state index contributed by atoms with van der Waals surface area (Å²) in [6, 6.07) is 10.5. The molecule has 2 N–H and O–H groups in total. The van der Waals surface area contributed by atoms with Crippen molar-refractivity contribution in [2.24, 2.45) is 4.99 Å². The molecule has 0 radical (unpaired) electrons. The Labute approximate surface area is 184 Å². The van der Waals surface area contributed by atoms with Gasteiger partial charge in [0.05, 0.1) is 23.8 Å². The highest BCUT2D eigenvalue weighted by atomic mass is 32.2. The van der Waals surface area contributed by atoms with Crippen molar-refractivity contribution in [1.29, 1.82) is 0 Å². The zero-order valence-electron chi connectivity index (χ0n) is 17.3. The van der Waals surface area contributed by atoms with Crippen LogP contribution in [0.4, 0.5) is 5.82 Å². The van der Waals surface area contributed by atoms with Crippen molar-refractivity contribution < 1.29 is 0 Å². The molecule has 7 nitrogen and oxygen atoms in total. The maximum absolute atomic E-state index is 5.14. The zero-order chi connectivity index (χ0) is 20.9. The second-order valence-corrected chi connectivity index (χ2v) is 8.71. The van der Waals surface area contributed by atoms with Crippen molar-refractivity contribution in [3.63, 3.8) is 0 Å². The number of hydrogen-bond acceptors (Lipinski definition) is 7. The van der Waals surface area contributed by atoms with Crippen LogP contribution >= 0.6 is 11.8 Å². The van der Waals surface area contributed by atoms with E-state index in [2.05, 4.69) is 79.7 Å². The number of H-pyrrole nitrogens is 1. The molecule has 4 heterocycles. The first-order valence-corrected chi connectivity index (χ1v) is 11.2. The van der Waals surface area contributed by atoms with Gasteiger partial charge in [-0.1, -0.05) is 42.1 Å². The summed E-state index contributed by atoms with van der Waals surface area (Å²) in [5.41, 5.74) is 8.86. The predicted octanol–water partition coefficient (Wildman–Crippen LogP) is 4.89. The molecule has 8 heteroatoms. The molecule has 6 rings (SSSR count). The van der Waals surface area contributed by atoms with Crippen LogP contribution < -0.4 is 5.32 Å². The fourth-order valence-electron chi connectivity index (χ4n) is 4.12. The van der Waals surface area contributed by atoms with Crippen LogP contribution in [0.2, 0.25) is 0 Å². The average molecular weight is 428 g/mol. The molecule has 1 saturated carbocycles.